The summed E-state index contributed by atoms with van der Waals surface area (Å²) in [5.74, 6) is 0.968. The third-order valence-corrected chi connectivity index (χ3v) is 4.98. The predicted octanol–water partition coefficient (Wildman–Crippen LogP) is 3.52. The van der Waals surface area contributed by atoms with E-state index in [0.717, 1.165) is 17.1 Å². The Labute approximate surface area is 127 Å². The summed E-state index contributed by atoms with van der Waals surface area (Å²) in [6, 6.07) is 4.37. The van der Waals surface area contributed by atoms with Crippen molar-refractivity contribution in [2.45, 2.75) is 33.7 Å². The first-order valence-electron chi connectivity index (χ1n) is 6.74. The van der Waals surface area contributed by atoms with Gasteiger partial charge in [0.2, 0.25) is 5.91 Å². The molecule has 0 saturated heterocycles. The first-order valence-corrected chi connectivity index (χ1v) is 8.95. The minimum Gasteiger partial charge on any atom is -0.315 e. The number of nitrogens with zero attached hydrogens (tertiary/aromatic N) is 2. The summed E-state index contributed by atoms with van der Waals surface area (Å²) in [6.07, 6.45) is 2.55. The molecule has 5 heteroatoms. The Hall–Kier alpha value is -1.07. The van der Waals surface area contributed by atoms with E-state index < -0.39 is 0 Å². The monoisotopic (exact) mass is 308 g/mol. The maximum Gasteiger partial charge on any atom is 0.248 e. The first kappa shape index (κ1) is 15.3. The number of benzene rings is 1. The highest BCUT2D eigenvalue weighted by molar-refractivity contribution is 7.98. The lowest BCUT2D eigenvalue weighted by Crippen LogP contribution is -2.18. The van der Waals surface area contributed by atoms with Crippen LogP contribution < -0.4 is 4.80 Å². The Bertz CT molecular complexity index is 698. The first-order chi connectivity index (χ1) is 9.56. The third-order valence-electron chi connectivity index (χ3n) is 3.16. The molecule has 1 aromatic carbocycles. The van der Waals surface area contributed by atoms with Crippen molar-refractivity contribution >= 4 is 39.2 Å². The molecule has 0 fully saturated rings. The minimum absolute atomic E-state index is 0.0520. The highest BCUT2D eigenvalue weighted by Gasteiger charge is 2.10. The van der Waals surface area contributed by atoms with Gasteiger partial charge in [0.05, 0.1) is 10.2 Å². The van der Waals surface area contributed by atoms with Gasteiger partial charge >= 0.3 is 0 Å². The number of fused-ring (bicyclic) bond motifs is 1. The van der Waals surface area contributed by atoms with E-state index >= 15 is 0 Å². The molecular formula is C15H20N2OS2. The molecule has 20 heavy (non-hydrogen) atoms. The number of thioether (sulfide) groups is 1. The smallest absolute Gasteiger partial charge is 0.248 e. The Morgan fingerprint density at radius 3 is 2.80 bits per heavy atom. The number of hydrogen-bond donors (Lipinski definition) is 0. The molecule has 0 atom stereocenters. The molecule has 1 aromatic heterocycles. The number of aryl methyl sites for hydroxylation is 3. The van der Waals surface area contributed by atoms with Crippen molar-refractivity contribution in [2.24, 2.45) is 4.99 Å². The summed E-state index contributed by atoms with van der Waals surface area (Å²) in [4.78, 5) is 16.8. The van der Waals surface area contributed by atoms with Crippen LogP contribution in [-0.2, 0) is 11.3 Å². The molecule has 3 nitrogen and oxygen atoms in total. The number of rotatable bonds is 4. The maximum atomic E-state index is 11.7. The SMILES string of the molecule is CCC(=O)N=c1sc2c(C)cc(C)cc2n1CCSC. The second-order valence-electron chi connectivity index (χ2n) is 4.82. The lowest BCUT2D eigenvalue weighted by Gasteiger charge is -2.05. The predicted molar refractivity (Wildman–Crippen MR) is 88.5 cm³/mol. The molecule has 0 spiro atoms. The molecule has 0 aliphatic carbocycles. The summed E-state index contributed by atoms with van der Waals surface area (Å²) in [6.45, 7) is 6.97. The fourth-order valence-electron chi connectivity index (χ4n) is 2.18. The van der Waals surface area contributed by atoms with Crippen LogP contribution >= 0.6 is 23.1 Å². The third kappa shape index (κ3) is 3.15. The van der Waals surface area contributed by atoms with Crippen LogP contribution in [0.1, 0.15) is 24.5 Å². The van der Waals surface area contributed by atoms with Gasteiger partial charge < -0.3 is 4.57 Å². The van der Waals surface area contributed by atoms with Crippen molar-refractivity contribution in [3.8, 4) is 0 Å². The maximum absolute atomic E-state index is 11.7. The summed E-state index contributed by atoms with van der Waals surface area (Å²) >= 11 is 3.43. The van der Waals surface area contributed by atoms with Gasteiger partial charge in [0, 0.05) is 18.7 Å². The normalized spacial score (nSPS) is 12.3. The standard InChI is InChI=1S/C15H20N2OS2/c1-5-13(18)16-15-17(6-7-19-4)12-9-10(2)8-11(3)14(12)20-15/h8-9H,5-7H2,1-4H3. The van der Waals surface area contributed by atoms with Crippen LogP contribution in [0.15, 0.2) is 17.1 Å². The number of carbonyl (C=O) groups is 1. The van der Waals surface area contributed by atoms with Gasteiger partial charge in [-0.25, -0.2) is 0 Å². The van der Waals surface area contributed by atoms with E-state index in [1.165, 1.54) is 21.3 Å². The Balaban J connectivity index is 2.70. The highest BCUT2D eigenvalue weighted by Crippen LogP contribution is 2.23. The van der Waals surface area contributed by atoms with Crippen LogP contribution in [0, 0.1) is 13.8 Å². The van der Waals surface area contributed by atoms with Crippen molar-refractivity contribution < 1.29 is 4.79 Å². The molecule has 108 valence electrons. The summed E-state index contributed by atoms with van der Waals surface area (Å²) < 4.78 is 3.42. The van der Waals surface area contributed by atoms with Crippen molar-refractivity contribution in [3.05, 3.63) is 28.1 Å². The number of thiazole rings is 1. The van der Waals surface area contributed by atoms with Gasteiger partial charge in [0.1, 0.15) is 0 Å². The van der Waals surface area contributed by atoms with Gasteiger partial charge in [-0.1, -0.05) is 24.3 Å². The number of aromatic nitrogens is 1. The molecule has 0 unspecified atom stereocenters. The summed E-state index contributed by atoms with van der Waals surface area (Å²) in [7, 11) is 0. The average molecular weight is 308 g/mol. The van der Waals surface area contributed by atoms with Gasteiger partial charge in [-0.05, 0) is 37.3 Å². The topological polar surface area (TPSA) is 34.4 Å². The van der Waals surface area contributed by atoms with Gasteiger partial charge in [0.25, 0.3) is 0 Å². The zero-order chi connectivity index (χ0) is 14.7. The summed E-state index contributed by atoms with van der Waals surface area (Å²) in [5.41, 5.74) is 3.71. The summed E-state index contributed by atoms with van der Waals surface area (Å²) in [5, 5.41) is 0. The number of amides is 1. The molecule has 0 N–H and O–H groups in total. The van der Waals surface area contributed by atoms with Crippen LogP contribution in [0.5, 0.6) is 0 Å². The molecule has 2 aromatic rings. The van der Waals surface area contributed by atoms with E-state index in [2.05, 4.69) is 41.8 Å². The largest absolute Gasteiger partial charge is 0.315 e. The van der Waals surface area contributed by atoms with Crippen LogP contribution in [0.3, 0.4) is 0 Å². The Morgan fingerprint density at radius 2 is 2.15 bits per heavy atom. The van der Waals surface area contributed by atoms with E-state index in [1.807, 2.05) is 18.7 Å². The second-order valence-corrected chi connectivity index (χ2v) is 6.78. The van der Waals surface area contributed by atoms with E-state index in [4.69, 9.17) is 0 Å². The van der Waals surface area contributed by atoms with Crippen molar-refractivity contribution in [2.75, 3.05) is 12.0 Å². The average Bonchev–Trinajstić information content (AvgIpc) is 2.74. The fourth-order valence-corrected chi connectivity index (χ4v) is 3.67. The van der Waals surface area contributed by atoms with E-state index in [9.17, 15) is 4.79 Å². The molecule has 0 aliphatic heterocycles. The van der Waals surface area contributed by atoms with Gasteiger partial charge in [-0.3, -0.25) is 4.79 Å². The lowest BCUT2D eigenvalue weighted by molar-refractivity contribution is -0.117. The molecular weight excluding hydrogens is 288 g/mol. The fraction of sp³-hybridized carbons (Fsp3) is 0.467. The van der Waals surface area contributed by atoms with Gasteiger partial charge in [0.15, 0.2) is 4.80 Å². The highest BCUT2D eigenvalue weighted by atomic mass is 32.2. The van der Waals surface area contributed by atoms with Crippen LogP contribution in [0.25, 0.3) is 10.2 Å². The Morgan fingerprint density at radius 1 is 1.40 bits per heavy atom. The quantitative estimate of drug-likeness (QED) is 0.866. The lowest BCUT2D eigenvalue weighted by atomic mass is 10.1. The number of hydrogen-bond acceptors (Lipinski definition) is 3. The van der Waals surface area contributed by atoms with Crippen LogP contribution in [0.2, 0.25) is 0 Å². The molecule has 0 bridgehead atoms. The van der Waals surface area contributed by atoms with Gasteiger partial charge in [-0.2, -0.15) is 16.8 Å². The zero-order valence-electron chi connectivity index (χ0n) is 12.4. The van der Waals surface area contributed by atoms with Crippen molar-refractivity contribution in [1.82, 2.24) is 4.57 Å². The van der Waals surface area contributed by atoms with Gasteiger partial charge in [-0.15, -0.1) is 0 Å². The molecule has 0 radical (unpaired) electrons. The van der Waals surface area contributed by atoms with E-state index in [0.29, 0.717) is 6.42 Å². The van der Waals surface area contributed by atoms with Crippen molar-refractivity contribution in [1.29, 1.82) is 0 Å². The van der Waals surface area contributed by atoms with E-state index in [1.54, 1.807) is 11.3 Å². The minimum atomic E-state index is -0.0520. The molecule has 0 saturated carbocycles. The Kier molecular flexibility index (Phi) is 5.05. The molecule has 2 rings (SSSR count). The van der Waals surface area contributed by atoms with Crippen molar-refractivity contribution in [3.63, 3.8) is 0 Å². The van der Waals surface area contributed by atoms with Crippen LogP contribution in [0.4, 0.5) is 0 Å². The van der Waals surface area contributed by atoms with Crippen LogP contribution in [-0.4, -0.2) is 22.5 Å². The second kappa shape index (κ2) is 6.59. The molecule has 0 aliphatic rings. The molecule has 1 amide bonds. The molecule has 1 heterocycles. The zero-order valence-corrected chi connectivity index (χ0v) is 14.0. The number of carbonyl (C=O) groups excluding carboxylic acids is 1. The van der Waals surface area contributed by atoms with E-state index in [-0.39, 0.29) is 5.91 Å².